The Kier molecular flexibility index (Phi) is 7.31. The van der Waals surface area contributed by atoms with Gasteiger partial charge in [0.05, 0.1) is 17.7 Å². The van der Waals surface area contributed by atoms with Crippen molar-refractivity contribution in [1.29, 1.82) is 0 Å². The van der Waals surface area contributed by atoms with E-state index < -0.39 is 30.5 Å². The van der Waals surface area contributed by atoms with E-state index in [2.05, 4.69) is 10.3 Å². The van der Waals surface area contributed by atoms with Crippen molar-refractivity contribution in [1.82, 2.24) is 10.3 Å². The van der Waals surface area contributed by atoms with Crippen LogP contribution in [-0.2, 0) is 25.5 Å². The molecule has 0 aliphatic carbocycles. The minimum absolute atomic E-state index is 0.269. The van der Waals surface area contributed by atoms with E-state index in [1.807, 2.05) is 47.8 Å². The smallest absolute Gasteiger partial charge is 0.350 e. The van der Waals surface area contributed by atoms with Crippen molar-refractivity contribution < 1.29 is 23.9 Å². The van der Waals surface area contributed by atoms with Crippen LogP contribution in [-0.4, -0.2) is 42.6 Å². The molecule has 0 saturated heterocycles. The van der Waals surface area contributed by atoms with Gasteiger partial charge < -0.3 is 14.8 Å². The molecule has 9 heteroatoms. The van der Waals surface area contributed by atoms with Crippen molar-refractivity contribution in [3.8, 4) is 9.88 Å². The number of carbonyl (C=O) groups is 3. The first-order chi connectivity index (χ1) is 14.5. The molecule has 30 heavy (non-hydrogen) atoms. The van der Waals surface area contributed by atoms with Crippen LogP contribution in [0.3, 0.4) is 0 Å². The van der Waals surface area contributed by atoms with Crippen LogP contribution in [0.1, 0.15) is 20.9 Å². The number of thiazole rings is 1. The highest BCUT2D eigenvalue weighted by Crippen LogP contribution is 2.31. The number of aromatic nitrogens is 1. The number of methoxy groups -OCH3 is 1. The molecule has 0 fully saturated rings. The Labute approximate surface area is 181 Å². The maximum Gasteiger partial charge on any atom is 0.350 e. The number of nitrogens with zero attached hydrogens (tertiary/aromatic N) is 1. The first-order valence-corrected chi connectivity index (χ1v) is 10.8. The van der Waals surface area contributed by atoms with Crippen LogP contribution in [0.4, 0.5) is 0 Å². The van der Waals surface area contributed by atoms with E-state index >= 15 is 0 Å². The minimum Gasteiger partial charge on any atom is -0.467 e. The Morgan fingerprint density at radius 3 is 2.57 bits per heavy atom. The molecular weight excluding hydrogens is 424 g/mol. The van der Waals surface area contributed by atoms with Crippen molar-refractivity contribution in [2.24, 2.45) is 0 Å². The number of thiophene rings is 1. The molecule has 0 bridgehead atoms. The zero-order valence-electron chi connectivity index (χ0n) is 16.4. The molecule has 1 N–H and O–H groups in total. The van der Waals surface area contributed by atoms with Crippen molar-refractivity contribution in [3.63, 3.8) is 0 Å². The molecule has 1 atom stereocenters. The summed E-state index contributed by atoms with van der Waals surface area (Å²) >= 11 is 2.75. The molecule has 0 radical (unpaired) electrons. The lowest BCUT2D eigenvalue weighted by Crippen LogP contribution is -2.44. The fraction of sp³-hybridized carbons (Fsp3) is 0.238. The fourth-order valence-electron chi connectivity index (χ4n) is 2.71. The van der Waals surface area contributed by atoms with Gasteiger partial charge in [0.15, 0.2) is 6.61 Å². The van der Waals surface area contributed by atoms with E-state index in [-0.39, 0.29) is 6.42 Å². The van der Waals surface area contributed by atoms with E-state index in [0.29, 0.717) is 10.6 Å². The molecule has 7 nitrogen and oxygen atoms in total. The third kappa shape index (κ3) is 5.52. The number of amides is 1. The molecule has 3 aromatic rings. The standard InChI is InChI=1S/C21H20N2O5S2/c1-13-18(30-19(22-13)16-9-6-10-29-16)21(26)28-12-17(24)23-15(20(25)27-2)11-14-7-4-3-5-8-14/h3-10,15H,11-12H2,1-2H3,(H,23,24). The number of aryl methyl sites for hydroxylation is 1. The van der Waals surface area contributed by atoms with Gasteiger partial charge in [0, 0.05) is 6.42 Å². The zero-order valence-corrected chi connectivity index (χ0v) is 18.0. The Morgan fingerprint density at radius 1 is 1.13 bits per heavy atom. The third-order valence-electron chi connectivity index (χ3n) is 4.15. The van der Waals surface area contributed by atoms with Crippen LogP contribution in [0.15, 0.2) is 47.8 Å². The van der Waals surface area contributed by atoms with Gasteiger partial charge in [-0.2, -0.15) is 0 Å². The van der Waals surface area contributed by atoms with Gasteiger partial charge in [-0.3, -0.25) is 4.79 Å². The first-order valence-electron chi connectivity index (χ1n) is 9.07. The normalized spacial score (nSPS) is 11.5. The summed E-state index contributed by atoms with van der Waals surface area (Å²) < 4.78 is 9.90. The average molecular weight is 445 g/mol. The van der Waals surface area contributed by atoms with E-state index in [0.717, 1.165) is 15.4 Å². The molecule has 0 saturated carbocycles. The highest BCUT2D eigenvalue weighted by molar-refractivity contribution is 7.22. The largest absolute Gasteiger partial charge is 0.467 e. The van der Waals surface area contributed by atoms with E-state index in [9.17, 15) is 14.4 Å². The number of benzene rings is 1. The number of hydrogen-bond acceptors (Lipinski definition) is 8. The maximum atomic E-state index is 12.4. The summed E-state index contributed by atoms with van der Waals surface area (Å²) in [6.45, 7) is 1.21. The van der Waals surface area contributed by atoms with Gasteiger partial charge in [-0.05, 0) is 23.9 Å². The van der Waals surface area contributed by atoms with Crippen molar-refractivity contribution in [2.75, 3.05) is 13.7 Å². The number of esters is 2. The van der Waals surface area contributed by atoms with E-state index in [4.69, 9.17) is 9.47 Å². The summed E-state index contributed by atoms with van der Waals surface area (Å²) in [5.74, 6) is -1.78. The Hall–Kier alpha value is -3.04. The minimum atomic E-state index is -0.876. The summed E-state index contributed by atoms with van der Waals surface area (Å²) in [5, 5.41) is 5.23. The number of hydrogen-bond donors (Lipinski definition) is 1. The lowest BCUT2D eigenvalue weighted by Gasteiger charge is -2.16. The van der Waals surface area contributed by atoms with Crippen LogP contribution >= 0.6 is 22.7 Å². The van der Waals surface area contributed by atoms with Gasteiger partial charge in [0.2, 0.25) is 0 Å². The topological polar surface area (TPSA) is 94.6 Å². The van der Waals surface area contributed by atoms with Gasteiger partial charge in [0.1, 0.15) is 15.9 Å². The molecule has 2 heterocycles. The van der Waals surface area contributed by atoms with Crippen molar-refractivity contribution in [2.45, 2.75) is 19.4 Å². The fourth-order valence-corrected chi connectivity index (χ4v) is 4.47. The molecule has 0 aliphatic rings. The monoisotopic (exact) mass is 444 g/mol. The second-order valence-corrected chi connectivity index (χ2v) is 8.27. The lowest BCUT2D eigenvalue weighted by molar-refractivity contribution is -0.145. The van der Waals surface area contributed by atoms with Crippen LogP contribution in [0, 0.1) is 6.92 Å². The predicted octanol–water partition coefficient (Wildman–Crippen LogP) is 3.24. The SMILES string of the molecule is COC(=O)C(Cc1ccccc1)NC(=O)COC(=O)c1sc(-c2cccs2)nc1C. The second kappa shape index (κ2) is 10.1. The predicted molar refractivity (Wildman–Crippen MR) is 115 cm³/mol. The molecule has 1 aromatic carbocycles. The van der Waals surface area contributed by atoms with Gasteiger partial charge in [-0.25, -0.2) is 14.6 Å². The second-order valence-electron chi connectivity index (χ2n) is 6.32. The molecule has 1 unspecified atom stereocenters. The summed E-state index contributed by atoms with van der Waals surface area (Å²) in [6.07, 6.45) is 0.269. The molecule has 0 aliphatic heterocycles. The first kappa shape index (κ1) is 21.7. The average Bonchev–Trinajstić information content (AvgIpc) is 3.41. The highest BCUT2D eigenvalue weighted by atomic mass is 32.1. The molecule has 0 spiro atoms. The molecule has 3 rings (SSSR count). The van der Waals surface area contributed by atoms with Crippen molar-refractivity contribution >= 4 is 40.5 Å². The molecule has 1 amide bonds. The maximum absolute atomic E-state index is 12.4. The van der Waals surface area contributed by atoms with Gasteiger partial charge >= 0.3 is 11.9 Å². The summed E-state index contributed by atoms with van der Waals surface area (Å²) in [4.78, 5) is 42.4. The number of nitrogens with one attached hydrogen (secondary N) is 1. The zero-order chi connectivity index (χ0) is 21.5. The van der Waals surface area contributed by atoms with Gasteiger partial charge in [-0.15, -0.1) is 22.7 Å². The quantitative estimate of drug-likeness (QED) is 0.536. The number of rotatable bonds is 8. The lowest BCUT2D eigenvalue weighted by atomic mass is 10.1. The van der Waals surface area contributed by atoms with Crippen LogP contribution in [0.25, 0.3) is 9.88 Å². The Bertz CT molecular complexity index is 1020. The summed E-state index contributed by atoms with van der Waals surface area (Å²) in [6, 6.07) is 12.2. The molecule has 156 valence electrons. The number of ether oxygens (including phenoxy) is 2. The van der Waals surface area contributed by atoms with Crippen molar-refractivity contribution in [3.05, 3.63) is 64.0 Å². The highest BCUT2D eigenvalue weighted by Gasteiger charge is 2.24. The molecule has 2 aromatic heterocycles. The Morgan fingerprint density at radius 2 is 1.90 bits per heavy atom. The van der Waals surface area contributed by atoms with Gasteiger partial charge in [-0.1, -0.05) is 36.4 Å². The summed E-state index contributed by atoms with van der Waals surface area (Å²) in [5.41, 5.74) is 1.41. The molecular formula is C21H20N2O5S2. The summed E-state index contributed by atoms with van der Waals surface area (Å²) in [7, 11) is 1.25. The van der Waals surface area contributed by atoms with Crippen LogP contribution in [0.2, 0.25) is 0 Å². The van der Waals surface area contributed by atoms with Crippen LogP contribution in [0.5, 0.6) is 0 Å². The van der Waals surface area contributed by atoms with E-state index in [1.165, 1.54) is 29.8 Å². The number of carbonyl (C=O) groups excluding carboxylic acids is 3. The van der Waals surface area contributed by atoms with E-state index in [1.54, 1.807) is 6.92 Å². The third-order valence-corrected chi connectivity index (χ3v) is 6.33. The Balaban J connectivity index is 1.58. The van der Waals surface area contributed by atoms with Gasteiger partial charge in [0.25, 0.3) is 5.91 Å². The van der Waals surface area contributed by atoms with Crippen LogP contribution < -0.4 is 5.32 Å².